The number of aliphatic imine (C=N–C) groups is 1. The third-order valence-corrected chi connectivity index (χ3v) is 8.26. The van der Waals surface area contributed by atoms with Crippen LogP contribution in [0.1, 0.15) is 87.9 Å². The van der Waals surface area contributed by atoms with E-state index in [1.165, 1.54) is 0 Å². The molecule has 5 rings (SSSR count). The van der Waals surface area contributed by atoms with Gasteiger partial charge in [0.1, 0.15) is 29.9 Å². The van der Waals surface area contributed by atoms with Crippen LogP contribution in [0.25, 0.3) is 0 Å². The summed E-state index contributed by atoms with van der Waals surface area (Å²) < 4.78 is 11.7. The van der Waals surface area contributed by atoms with Gasteiger partial charge in [0.25, 0.3) is 0 Å². The highest BCUT2D eigenvalue weighted by Crippen LogP contribution is 2.42. The lowest BCUT2D eigenvalue weighted by Crippen LogP contribution is -2.52. The van der Waals surface area contributed by atoms with Crippen molar-refractivity contribution >= 4 is 11.9 Å². The van der Waals surface area contributed by atoms with Crippen LogP contribution in [0.5, 0.6) is 11.5 Å². The molecule has 0 saturated carbocycles. The Morgan fingerprint density at radius 3 is 2.63 bits per heavy atom. The number of guanidine groups is 1. The molecule has 3 aliphatic rings. The van der Waals surface area contributed by atoms with E-state index in [0.717, 1.165) is 30.4 Å². The van der Waals surface area contributed by atoms with Gasteiger partial charge >= 0.3 is 0 Å². The monoisotopic (exact) mass is 522 g/mol. The molecule has 0 aromatic heterocycles. The number of aliphatic hydroxyl groups excluding tert-OH is 1. The van der Waals surface area contributed by atoms with Gasteiger partial charge in [-0.3, -0.25) is 15.0 Å². The molecule has 0 fully saturated rings. The topological polar surface area (TPSA) is 130 Å². The van der Waals surface area contributed by atoms with Crippen molar-refractivity contribution < 1.29 is 24.5 Å². The summed E-state index contributed by atoms with van der Waals surface area (Å²) in [5, 5.41) is 25.6. The number of fused-ring (bicyclic) bond motifs is 2. The predicted octanol–water partition coefficient (Wildman–Crippen LogP) is 3.47. The molecule has 9 heteroatoms. The Kier molecular flexibility index (Phi) is 7.11. The van der Waals surface area contributed by atoms with Crippen LogP contribution in [0.2, 0.25) is 0 Å². The molecule has 2 aromatic rings. The van der Waals surface area contributed by atoms with E-state index in [-0.39, 0.29) is 24.5 Å². The van der Waals surface area contributed by atoms with Crippen molar-refractivity contribution in [2.75, 3.05) is 13.2 Å². The van der Waals surface area contributed by atoms with Gasteiger partial charge in [-0.25, -0.2) is 4.99 Å². The largest absolute Gasteiger partial charge is 0.493 e. The zero-order chi connectivity index (χ0) is 27.1. The van der Waals surface area contributed by atoms with E-state index in [1.54, 1.807) is 17.9 Å². The average Bonchev–Trinajstić information content (AvgIpc) is 3.11. The van der Waals surface area contributed by atoms with Crippen LogP contribution in [0, 0.1) is 0 Å². The van der Waals surface area contributed by atoms with E-state index in [1.807, 2.05) is 50.2 Å². The summed E-state index contributed by atoms with van der Waals surface area (Å²) in [4.78, 5) is 19.9. The lowest BCUT2D eigenvalue weighted by molar-refractivity contribution is -0.131. The van der Waals surface area contributed by atoms with Gasteiger partial charge in [-0.1, -0.05) is 38.1 Å². The maximum absolute atomic E-state index is 13.5. The zero-order valence-electron chi connectivity index (χ0n) is 22.3. The van der Waals surface area contributed by atoms with Gasteiger partial charge in [-0.05, 0) is 56.4 Å². The van der Waals surface area contributed by atoms with E-state index in [9.17, 15) is 15.0 Å². The number of ether oxygens (including phenoxy) is 2. The molecule has 1 unspecified atom stereocenters. The highest BCUT2D eigenvalue weighted by atomic mass is 16.5. The number of nitrogens with one attached hydrogen (secondary N) is 1. The highest BCUT2D eigenvalue weighted by molar-refractivity contribution is 5.99. The van der Waals surface area contributed by atoms with Crippen LogP contribution in [0.15, 0.2) is 47.5 Å². The van der Waals surface area contributed by atoms with E-state index < -0.39 is 23.4 Å². The fourth-order valence-corrected chi connectivity index (χ4v) is 5.85. The molecular formula is C29H38N4O5. The molecule has 0 aliphatic carbocycles. The molecule has 204 valence electrons. The van der Waals surface area contributed by atoms with Crippen LogP contribution in [-0.4, -0.2) is 51.3 Å². The summed E-state index contributed by atoms with van der Waals surface area (Å²) in [6.45, 7) is 6.38. The van der Waals surface area contributed by atoms with Crippen LogP contribution >= 0.6 is 0 Å². The lowest BCUT2D eigenvalue weighted by Gasteiger charge is -2.40. The molecule has 0 saturated heterocycles. The summed E-state index contributed by atoms with van der Waals surface area (Å²) in [6, 6.07) is 12.1. The Bertz CT molecular complexity index is 1230. The molecule has 38 heavy (non-hydrogen) atoms. The van der Waals surface area contributed by atoms with Crippen molar-refractivity contribution in [3.63, 3.8) is 0 Å². The number of carbonyl (C=O) groups excluding carboxylic acids is 1. The predicted molar refractivity (Wildman–Crippen MR) is 144 cm³/mol. The fourth-order valence-electron chi connectivity index (χ4n) is 5.85. The number of hydrogen-bond acceptors (Lipinski definition) is 8. The Balaban J connectivity index is 1.47. The average molecular weight is 523 g/mol. The first-order valence-electron chi connectivity index (χ1n) is 13.5. The van der Waals surface area contributed by atoms with Crippen LogP contribution in [0.4, 0.5) is 0 Å². The van der Waals surface area contributed by atoms with Gasteiger partial charge in [0, 0.05) is 11.1 Å². The molecule has 0 bridgehead atoms. The maximum atomic E-state index is 13.5. The van der Waals surface area contributed by atoms with Gasteiger partial charge in [0.2, 0.25) is 5.91 Å². The molecule has 3 aliphatic heterocycles. The number of amides is 1. The standard InChI is InChI=1S/C29H38N4O5/c1-4-29(5-2)16-24(34)33(27(30)32-29)21-10-8-14-37-23-13-12-18(15-20(21)23)26(35)31-25-19-9-6-7-11-22(19)38-17-28(25,3)36/h6-7,9,11-13,15,21,25-26,31,35-36H,4-5,8,10,14,16-17H2,1-3H3,(H2,30,32)/t21-,25-,26?,28-/m1/s1. The lowest BCUT2D eigenvalue weighted by atomic mass is 9.86. The molecule has 5 N–H and O–H groups in total. The van der Waals surface area contributed by atoms with E-state index in [4.69, 9.17) is 20.2 Å². The van der Waals surface area contributed by atoms with Crippen molar-refractivity contribution in [1.29, 1.82) is 0 Å². The number of carbonyl (C=O) groups is 1. The minimum absolute atomic E-state index is 0.0435. The first-order valence-corrected chi connectivity index (χ1v) is 13.5. The van der Waals surface area contributed by atoms with E-state index >= 15 is 0 Å². The second kappa shape index (κ2) is 10.2. The van der Waals surface area contributed by atoms with Crippen LogP contribution in [0.3, 0.4) is 0 Å². The van der Waals surface area contributed by atoms with Gasteiger partial charge in [-0.2, -0.15) is 0 Å². The Morgan fingerprint density at radius 1 is 1.16 bits per heavy atom. The summed E-state index contributed by atoms with van der Waals surface area (Å²) in [7, 11) is 0. The number of nitrogens with two attached hydrogens (primary N) is 1. The number of benzene rings is 2. The summed E-state index contributed by atoms with van der Waals surface area (Å²) in [5.74, 6) is 1.53. The number of para-hydroxylation sites is 1. The van der Waals surface area contributed by atoms with Crippen molar-refractivity contribution in [2.24, 2.45) is 10.7 Å². The fraction of sp³-hybridized carbons (Fsp3) is 0.517. The molecule has 0 radical (unpaired) electrons. The van der Waals surface area contributed by atoms with E-state index in [0.29, 0.717) is 36.5 Å². The van der Waals surface area contributed by atoms with E-state index in [2.05, 4.69) is 5.32 Å². The second-order valence-corrected chi connectivity index (χ2v) is 10.8. The van der Waals surface area contributed by atoms with Crippen LogP contribution in [-0.2, 0) is 4.79 Å². The van der Waals surface area contributed by atoms with Crippen molar-refractivity contribution in [3.05, 3.63) is 59.2 Å². The third-order valence-electron chi connectivity index (χ3n) is 8.26. The molecular weight excluding hydrogens is 484 g/mol. The van der Waals surface area contributed by atoms with Crippen molar-refractivity contribution in [2.45, 2.75) is 82.3 Å². The molecule has 2 aromatic carbocycles. The molecule has 4 atom stereocenters. The van der Waals surface area contributed by atoms with Gasteiger partial charge in [0.05, 0.1) is 30.7 Å². The molecule has 9 nitrogen and oxygen atoms in total. The van der Waals surface area contributed by atoms with Crippen LogP contribution < -0.4 is 20.5 Å². The first-order chi connectivity index (χ1) is 18.2. The van der Waals surface area contributed by atoms with Gasteiger partial charge < -0.3 is 25.4 Å². The molecule has 0 spiro atoms. The molecule has 3 heterocycles. The van der Waals surface area contributed by atoms with Gasteiger partial charge in [0.15, 0.2) is 5.96 Å². The number of aliphatic hydroxyl groups is 2. The minimum Gasteiger partial charge on any atom is -0.493 e. The minimum atomic E-state index is -1.23. The number of rotatable bonds is 6. The second-order valence-electron chi connectivity index (χ2n) is 10.8. The summed E-state index contributed by atoms with van der Waals surface area (Å²) >= 11 is 0. The quantitative estimate of drug-likeness (QED) is 0.428. The number of hydrogen-bond donors (Lipinski definition) is 4. The zero-order valence-corrected chi connectivity index (χ0v) is 22.3. The summed E-state index contributed by atoms with van der Waals surface area (Å²) in [6.07, 6.45) is 2.12. The number of nitrogens with zero attached hydrogens (tertiary/aromatic N) is 2. The Hall–Kier alpha value is -3.14. The Labute approximate surface area is 223 Å². The first kappa shape index (κ1) is 26.5. The van der Waals surface area contributed by atoms with Gasteiger partial charge in [-0.15, -0.1) is 0 Å². The maximum Gasteiger partial charge on any atom is 0.232 e. The SMILES string of the molecule is CCC1(CC)CC(=O)N([C@@H]2CCCOc3ccc(C(O)N[C@@H]4c5ccccc5OC[C@@]4(C)O)cc32)C(N)=N1. The normalized spacial score (nSPS) is 27.2. The van der Waals surface area contributed by atoms with Crippen molar-refractivity contribution in [3.8, 4) is 11.5 Å². The smallest absolute Gasteiger partial charge is 0.232 e. The Morgan fingerprint density at radius 2 is 1.89 bits per heavy atom. The third kappa shape index (κ3) is 4.74. The summed E-state index contributed by atoms with van der Waals surface area (Å²) in [5.41, 5.74) is 6.91. The highest BCUT2D eigenvalue weighted by Gasteiger charge is 2.42. The van der Waals surface area contributed by atoms with Crippen molar-refractivity contribution in [1.82, 2.24) is 10.2 Å². The molecule has 1 amide bonds.